The van der Waals surface area contributed by atoms with Crippen molar-refractivity contribution in [3.8, 4) is 11.5 Å². The van der Waals surface area contributed by atoms with Crippen molar-refractivity contribution >= 4 is 36.7 Å². The molecule has 2 radical (unpaired) electrons. The summed E-state index contributed by atoms with van der Waals surface area (Å²) in [5.74, 6) is 1.04. The Morgan fingerprint density at radius 2 is 1.33 bits per heavy atom. The predicted octanol–water partition coefficient (Wildman–Crippen LogP) is 1.99. The van der Waals surface area contributed by atoms with Gasteiger partial charge in [0.2, 0.25) is 0 Å². The van der Waals surface area contributed by atoms with Gasteiger partial charge in [-0.3, -0.25) is 0 Å². The SMILES string of the molecule is Cl[B]Oc1ccccc1O[B]Cl. The number of rotatable bonds is 4. The van der Waals surface area contributed by atoms with Gasteiger partial charge in [0, 0.05) is 0 Å². The Labute approximate surface area is 82.1 Å². The van der Waals surface area contributed by atoms with Crippen LogP contribution < -0.4 is 9.31 Å². The average molecular weight is 201 g/mol. The van der Waals surface area contributed by atoms with Crippen molar-refractivity contribution in [3.63, 3.8) is 0 Å². The molecule has 0 saturated heterocycles. The molecule has 0 unspecified atom stereocenters. The van der Waals surface area contributed by atoms with Gasteiger partial charge in [-0.25, -0.2) is 0 Å². The first-order valence-corrected chi connectivity index (χ1v) is 4.02. The fourth-order valence-electron chi connectivity index (χ4n) is 0.741. The summed E-state index contributed by atoms with van der Waals surface area (Å²) in [5.41, 5.74) is 0. The molecule has 2 nitrogen and oxygen atoms in total. The minimum Gasteiger partial charge on any atom is -0.546 e. The summed E-state index contributed by atoms with van der Waals surface area (Å²) >= 11 is 10.5. The summed E-state index contributed by atoms with van der Waals surface area (Å²) in [6.07, 6.45) is 0. The van der Waals surface area contributed by atoms with Gasteiger partial charge in [0.15, 0.2) is 0 Å². The number of hydrogen-bond acceptors (Lipinski definition) is 2. The van der Waals surface area contributed by atoms with Gasteiger partial charge >= 0.3 is 13.8 Å². The van der Waals surface area contributed by atoms with Crippen molar-refractivity contribution in [2.24, 2.45) is 0 Å². The Morgan fingerprint density at radius 1 is 0.917 bits per heavy atom. The van der Waals surface area contributed by atoms with Gasteiger partial charge < -0.3 is 9.31 Å². The molecule has 0 bridgehead atoms. The van der Waals surface area contributed by atoms with Gasteiger partial charge in [0.05, 0.1) is 0 Å². The molecule has 6 heteroatoms. The van der Waals surface area contributed by atoms with Crippen molar-refractivity contribution in [2.45, 2.75) is 0 Å². The van der Waals surface area contributed by atoms with Gasteiger partial charge in [-0.05, 0) is 12.1 Å². The van der Waals surface area contributed by atoms with Gasteiger partial charge in [-0.15, -0.1) is 22.9 Å². The summed E-state index contributed by atoms with van der Waals surface area (Å²) in [6.45, 7) is 2.10. The van der Waals surface area contributed by atoms with E-state index in [0.717, 1.165) is 13.8 Å². The lowest BCUT2D eigenvalue weighted by molar-refractivity contribution is 0.536. The molecule has 0 atom stereocenters. The van der Waals surface area contributed by atoms with Crippen LogP contribution in [0.1, 0.15) is 0 Å². The van der Waals surface area contributed by atoms with E-state index in [-0.39, 0.29) is 0 Å². The molecular weight excluding hydrogens is 197 g/mol. The Bertz CT molecular complexity index is 222. The molecule has 0 aliphatic rings. The van der Waals surface area contributed by atoms with Crippen LogP contribution in [0.2, 0.25) is 0 Å². The highest BCUT2D eigenvalue weighted by Gasteiger charge is 2.02. The normalized spacial score (nSPS) is 8.83. The molecule has 0 aliphatic heterocycles. The largest absolute Gasteiger partial charge is 0.546 e. The van der Waals surface area contributed by atoms with Crippen molar-refractivity contribution < 1.29 is 9.31 Å². The molecule has 60 valence electrons. The molecule has 0 heterocycles. The van der Waals surface area contributed by atoms with E-state index in [1.54, 1.807) is 24.3 Å². The van der Waals surface area contributed by atoms with Crippen LogP contribution >= 0.6 is 22.9 Å². The summed E-state index contributed by atoms with van der Waals surface area (Å²) in [4.78, 5) is 0. The highest BCUT2D eigenvalue weighted by molar-refractivity contribution is 6.90. The summed E-state index contributed by atoms with van der Waals surface area (Å²) in [7, 11) is 0. The van der Waals surface area contributed by atoms with Gasteiger partial charge in [-0.2, -0.15) is 0 Å². The Hall–Kier alpha value is -0.470. The predicted molar refractivity (Wildman–Crippen MR) is 50.9 cm³/mol. The maximum Gasteiger partial charge on any atom is 0.495 e. The van der Waals surface area contributed by atoms with Gasteiger partial charge in [-0.1, -0.05) is 12.1 Å². The van der Waals surface area contributed by atoms with E-state index < -0.39 is 0 Å². The molecule has 1 rings (SSSR count). The molecule has 0 aromatic heterocycles. The second kappa shape index (κ2) is 5.22. The Balaban J connectivity index is 2.77. The molecule has 0 N–H and O–H groups in total. The highest BCUT2D eigenvalue weighted by atomic mass is 35.5. The van der Waals surface area contributed by atoms with E-state index in [1.807, 2.05) is 0 Å². The molecule has 0 amide bonds. The van der Waals surface area contributed by atoms with Gasteiger partial charge in [0.25, 0.3) is 0 Å². The van der Waals surface area contributed by atoms with Crippen LogP contribution in [0.25, 0.3) is 0 Å². The number of benzene rings is 1. The summed E-state index contributed by atoms with van der Waals surface area (Å²) in [5, 5.41) is 0. The number of halogens is 2. The molecule has 12 heavy (non-hydrogen) atoms. The fraction of sp³-hybridized carbons (Fsp3) is 0. The van der Waals surface area contributed by atoms with Crippen LogP contribution in [0.5, 0.6) is 11.5 Å². The van der Waals surface area contributed by atoms with Crippen LogP contribution in [-0.4, -0.2) is 13.8 Å². The van der Waals surface area contributed by atoms with Crippen molar-refractivity contribution in [1.82, 2.24) is 0 Å². The van der Waals surface area contributed by atoms with Crippen LogP contribution in [-0.2, 0) is 0 Å². The number of para-hydroxylation sites is 2. The third-order valence-corrected chi connectivity index (χ3v) is 1.37. The first-order valence-electron chi connectivity index (χ1n) is 3.14. The fourth-order valence-corrected chi connectivity index (χ4v) is 0.933. The molecule has 0 saturated carbocycles. The van der Waals surface area contributed by atoms with Crippen LogP contribution in [0.3, 0.4) is 0 Å². The molecular formula is C6H4B2Cl2O2. The zero-order valence-electron chi connectivity index (χ0n) is 6.04. The molecule has 1 aromatic rings. The summed E-state index contributed by atoms with van der Waals surface area (Å²) in [6, 6.07) is 7.04. The quantitative estimate of drug-likeness (QED) is 0.693. The van der Waals surface area contributed by atoms with E-state index in [0.29, 0.717) is 11.5 Å². The lowest BCUT2D eigenvalue weighted by Gasteiger charge is -2.08. The van der Waals surface area contributed by atoms with Crippen LogP contribution in [0, 0.1) is 0 Å². The van der Waals surface area contributed by atoms with E-state index in [2.05, 4.69) is 0 Å². The molecule has 0 fully saturated rings. The van der Waals surface area contributed by atoms with Crippen LogP contribution in [0.4, 0.5) is 0 Å². The molecule has 0 aliphatic carbocycles. The van der Waals surface area contributed by atoms with Crippen LogP contribution in [0.15, 0.2) is 24.3 Å². The van der Waals surface area contributed by atoms with Crippen molar-refractivity contribution in [2.75, 3.05) is 0 Å². The topological polar surface area (TPSA) is 18.5 Å². The molecule has 0 spiro atoms. The first kappa shape index (κ1) is 9.62. The van der Waals surface area contributed by atoms with Crippen molar-refractivity contribution in [1.29, 1.82) is 0 Å². The molecule has 1 aromatic carbocycles. The lowest BCUT2D eigenvalue weighted by atomic mass is 10.3. The zero-order chi connectivity index (χ0) is 8.81. The standard InChI is InChI=1S/C6H4B2Cl2O2/c9-7-11-5-3-1-2-4-6(5)12-8-10/h1-4H. The smallest absolute Gasteiger partial charge is 0.495 e. The monoisotopic (exact) mass is 200 g/mol. The lowest BCUT2D eigenvalue weighted by Crippen LogP contribution is -1.99. The van der Waals surface area contributed by atoms with E-state index >= 15 is 0 Å². The number of hydrogen-bond donors (Lipinski definition) is 0. The van der Waals surface area contributed by atoms with E-state index in [1.165, 1.54) is 0 Å². The Kier molecular flexibility index (Phi) is 4.19. The average Bonchev–Trinajstić information content (AvgIpc) is 2.09. The highest BCUT2D eigenvalue weighted by Crippen LogP contribution is 2.25. The third kappa shape index (κ3) is 2.54. The Morgan fingerprint density at radius 3 is 1.67 bits per heavy atom. The zero-order valence-corrected chi connectivity index (χ0v) is 7.55. The summed E-state index contributed by atoms with van der Waals surface area (Å²) < 4.78 is 9.85. The third-order valence-electron chi connectivity index (χ3n) is 1.19. The first-order chi connectivity index (χ1) is 5.88. The minimum atomic E-state index is 0.518. The maximum absolute atomic E-state index is 5.26. The second-order valence-electron chi connectivity index (χ2n) is 1.86. The van der Waals surface area contributed by atoms with E-state index in [9.17, 15) is 0 Å². The second-order valence-corrected chi connectivity index (χ2v) is 2.22. The maximum atomic E-state index is 5.26. The van der Waals surface area contributed by atoms with E-state index in [4.69, 9.17) is 32.2 Å². The van der Waals surface area contributed by atoms with Crippen molar-refractivity contribution in [3.05, 3.63) is 24.3 Å². The minimum absolute atomic E-state index is 0.518. The van der Waals surface area contributed by atoms with Gasteiger partial charge in [0.1, 0.15) is 11.5 Å².